The SMILES string of the molecule is N/C(=N/O)c1cccc(OCCC2CCC2)n1. The smallest absolute Gasteiger partial charge is 0.213 e. The Labute approximate surface area is 100 Å². The van der Waals surface area contributed by atoms with Crippen molar-refractivity contribution < 1.29 is 9.94 Å². The molecule has 0 aromatic carbocycles. The molecule has 0 bridgehead atoms. The van der Waals surface area contributed by atoms with Gasteiger partial charge in [0.05, 0.1) is 6.61 Å². The molecule has 1 aliphatic carbocycles. The van der Waals surface area contributed by atoms with Crippen LogP contribution in [0.5, 0.6) is 5.88 Å². The van der Waals surface area contributed by atoms with Gasteiger partial charge in [0.1, 0.15) is 5.69 Å². The van der Waals surface area contributed by atoms with E-state index in [2.05, 4.69) is 10.1 Å². The Morgan fingerprint density at radius 2 is 2.35 bits per heavy atom. The quantitative estimate of drug-likeness (QED) is 0.352. The monoisotopic (exact) mass is 235 g/mol. The molecule has 3 N–H and O–H groups in total. The first-order valence-electron chi connectivity index (χ1n) is 5.87. The number of ether oxygens (including phenoxy) is 1. The maximum atomic E-state index is 8.55. The zero-order chi connectivity index (χ0) is 12.1. The molecule has 0 amide bonds. The summed E-state index contributed by atoms with van der Waals surface area (Å²) < 4.78 is 5.54. The average Bonchev–Trinajstić information content (AvgIpc) is 2.32. The van der Waals surface area contributed by atoms with Crippen LogP contribution in [0.2, 0.25) is 0 Å². The van der Waals surface area contributed by atoms with Crippen molar-refractivity contribution in [3.8, 4) is 5.88 Å². The Hall–Kier alpha value is -1.78. The molecule has 1 fully saturated rings. The minimum atomic E-state index is -0.00515. The molecule has 92 valence electrons. The Morgan fingerprint density at radius 3 is 3.00 bits per heavy atom. The second kappa shape index (κ2) is 5.52. The van der Waals surface area contributed by atoms with E-state index in [1.807, 2.05) is 0 Å². The molecule has 5 heteroatoms. The normalized spacial score (nSPS) is 16.6. The van der Waals surface area contributed by atoms with Crippen LogP contribution in [0.1, 0.15) is 31.4 Å². The number of nitrogens with two attached hydrogens (primary N) is 1. The van der Waals surface area contributed by atoms with Gasteiger partial charge in [-0.25, -0.2) is 4.98 Å². The molecule has 1 aromatic rings. The number of rotatable bonds is 5. The van der Waals surface area contributed by atoms with Gasteiger partial charge in [-0.05, 0) is 18.4 Å². The Bertz CT molecular complexity index is 402. The zero-order valence-electron chi connectivity index (χ0n) is 9.67. The third-order valence-electron chi connectivity index (χ3n) is 3.09. The van der Waals surface area contributed by atoms with E-state index in [4.69, 9.17) is 15.7 Å². The standard InChI is InChI=1S/C12H17N3O2/c13-12(15-16)10-5-2-6-11(14-10)17-8-7-9-3-1-4-9/h2,5-6,9,16H,1,3-4,7-8H2,(H2,13,15). The lowest BCUT2D eigenvalue weighted by Crippen LogP contribution is -2.16. The fourth-order valence-corrected chi connectivity index (χ4v) is 1.80. The van der Waals surface area contributed by atoms with Crippen molar-refractivity contribution in [2.75, 3.05) is 6.61 Å². The summed E-state index contributed by atoms with van der Waals surface area (Å²) in [4.78, 5) is 4.15. The lowest BCUT2D eigenvalue weighted by Gasteiger charge is -2.24. The average molecular weight is 235 g/mol. The maximum Gasteiger partial charge on any atom is 0.213 e. The number of oxime groups is 1. The number of aromatic nitrogens is 1. The summed E-state index contributed by atoms with van der Waals surface area (Å²) in [5.41, 5.74) is 5.88. The molecule has 1 saturated carbocycles. The highest BCUT2D eigenvalue weighted by atomic mass is 16.5. The van der Waals surface area contributed by atoms with E-state index in [1.54, 1.807) is 18.2 Å². The van der Waals surface area contributed by atoms with Crippen molar-refractivity contribution in [1.82, 2.24) is 4.98 Å². The van der Waals surface area contributed by atoms with E-state index in [-0.39, 0.29) is 5.84 Å². The summed E-state index contributed by atoms with van der Waals surface area (Å²) in [5, 5.41) is 11.5. The molecule has 1 aliphatic rings. The van der Waals surface area contributed by atoms with Crippen LogP contribution in [-0.2, 0) is 0 Å². The number of hydrogen-bond acceptors (Lipinski definition) is 4. The number of pyridine rings is 1. The van der Waals surface area contributed by atoms with Crippen LogP contribution in [0, 0.1) is 5.92 Å². The van der Waals surface area contributed by atoms with Gasteiger partial charge in [-0.2, -0.15) is 0 Å². The number of nitrogens with zero attached hydrogens (tertiary/aromatic N) is 2. The highest BCUT2D eigenvalue weighted by Crippen LogP contribution is 2.29. The van der Waals surface area contributed by atoms with Crippen molar-refractivity contribution in [2.45, 2.75) is 25.7 Å². The summed E-state index contributed by atoms with van der Waals surface area (Å²) in [6.07, 6.45) is 5.07. The molecule has 0 atom stereocenters. The predicted octanol–water partition coefficient (Wildman–Crippen LogP) is 1.75. The van der Waals surface area contributed by atoms with Crippen molar-refractivity contribution >= 4 is 5.84 Å². The molecule has 0 unspecified atom stereocenters. The largest absolute Gasteiger partial charge is 0.478 e. The number of amidine groups is 1. The van der Waals surface area contributed by atoms with Crippen molar-refractivity contribution in [2.24, 2.45) is 16.8 Å². The first kappa shape index (κ1) is 11.7. The lowest BCUT2D eigenvalue weighted by molar-refractivity contribution is 0.217. The van der Waals surface area contributed by atoms with E-state index >= 15 is 0 Å². The van der Waals surface area contributed by atoms with Crippen molar-refractivity contribution in [3.05, 3.63) is 23.9 Å². The van der Waals surface area contributed by atoms with Gasteiger partial charge in [-0.3, -0.25) is 0 Å². The molecular formula is C12H17N3O2. The topological polar surface area (TPSA) is 80.7 Å². The first-order chi connectivity index (χ1) is 8.29. The fraction of sp³-hybridized carbons (Fsp3) is 0.500. The van der Waals surface area contributed by atoms with Crippen LogP contribution in [-0.4, -0.2) is 22.6 Å². The van der Waals surface area contributed by atoms with Crippen molar-refractivity contribution in [1.29, 1.82) is 0 Å². The highest BCUT2D eigenvalue weighted by Gasteiger charge is 2.16. The molecule has 2 rings (SSSR count). The minimum absolute atomic E-state index is 0.00515. The first-order valence-corrected chi connectivity index (χ1v) is 5.87. The zero-order valence-corrected chi connectivity index (χ0v) is 9.67. The molecule has 5 nitrogen and oxygen atoms in total. The van der Waals surface area contributed by atoms with Crippen LogP contribution >= 0.6 is 0 Å². The lowest BCUT2D eigenvalue weighted by atomic mass is 9.83. The summed E-state index contributed by atoms with van der Waals surface area (Å²) >= 11 is 0. The second-order valence-electron chi connectivity index (χ2n) is 4.28. The maximum absolute atomic E-state index is 8.55. The molecular weight excluding hydrogens is 218 g/mol. The molecule has 0 saturated heterocycles. The Kier molecular flexibility index (Phi) is 3.80. The molecule has 1 heterocycles. The van der Waals surface area contributed by atoms with Crippen LogP contribution in [0.25, 0.3) is 0 Å². The number of hydrogen-bond donors (Lipinski definition) is 2. The van der Waals surface area contributed by atoms with Crippen LogP contribution < -0.4 is 10.5 Å². The minimum Gasteiger partial charge on any atom is -0.478 e. The Balaban J connectivity index is 1.87. The van der Waals surface area contributed by atoms with Gasteiger partial charge < -0.3 is 15.7 Å². The van der Waals surface area contributed by atoms with Gasteiger partial charge in [-0.1, -0.05) is 30.5 Å². The second-order valence-corrected chi connectivity index (χ2v) is 4.28. The van der Waals surface area contributed by atoms with Gasteiger partial charge in [0.15, 0.2) is 5.84 Å². The van der Waals surface area contributed by atoms with E-state index in [0.29, 0.717) is 18.2 Å². The molecule has 0 aliphatic heterocycles. The molecule has 17 heavy (non-hydrogen) atoms. The van der Waals surface area contributed by atoms with E-state index in [9.17, 15) is 0 Å². The van der Waals surface area contributed by atoms with Gasteiger partial charge in [0.2, 0.25) is 5.88 Å². The van der Waals surface area contributed by atoms with Gasteiger partial charge in [-0.15, -0.1) is 0 Å². The molecule has 1 aromatic heterocycles. The summed E-state index contributed by atoms with van der Waals surface area (Å²) in [6.45, 7) is 0.678. The Morgan fingerprint density at radius 1 is 1.53 bits per heavy atom. The predicted molar refractivity (Wildman–Crippen MR) is 64.2 cm³/mol. The van der Waals surface area contributed by atoms with Gasteiger partial charge in [0.25, 0.3) is 0 Å². The van der Waals surface area contributed by atoms with Gasteiger partial charge >= 0.3 is 0 Å². The molecule has 0 radical (unpaired) electrons. The summed E-state index contributed by atoms with van der Waals surface area (Å²) in [6, 6.07) is 5.22. The van der Waals surface area contributed by atoms with E-state index < -0.39 is 0 Å². The van der Waals surface area contributed by atoms with E-state index in [0.717, 1.165) is 12.3 Å². The molecule has 0 spiro atoms. The van der Waals surface area contributed by atoms with Crippen LogP contribution in [0.3, 0.4) is 0 Å². The fourth-order valence-electron chi connectivity index (χ4n) is 1.80. The highest BCUT2D eigenvalue weighted by molar-refractivity contribution is 5.95. The third kappa shape index (κ3) is 3.09. The third-order valence-corrected chi connectivity index (χ3v) is 3.09. The summed E-state index contributed by atoms with van der Waals surface area (Å²) in [7, 11) is 0. The summed E-state index contributed by atoms with van der Waals surface area (Å²) in [5.74, 6) is 1.34. The van der Waals surface area contributed by atoms with Gasteiger partial charge in [0, 0.05) is 6.07 Å². The van der Waals surface area contributed by atoms with Crippen molar-refractivity contribution in [3.63, 3.8) is 0 Å². The van der Waals surface area contributed by atoms with Crippen LogP contribution in [0.15, 0.2) is 23.4 Å². The van der Waals surface area contributed by atoms with E-state index in [1.165, 1.54) is 19.3 Å². The van der Waals surface area contributed by atoms with Crippen LogP contribution in [0.4, 0.5) is 0 Å².